The van der Waals surface area contributed by atoms with Gasteiger partial charge >= 0.3 is 6.03 Å². The number of rotatable bonds is 12. The zero-order chi connectivity index (χ0) is 26.7. The van der Waals surface area contributed by atoms with E-state index in [2.05, 4.69) is 37.2 Å². The van der Waals surface area contributed by atoms with Gasteiger partial charge in [0, 0.05) is 27.8 Å². The van der Waals surface area contributed by atoms with Crippen LogP contribution >= 0.6 is 15.9 Å². The SMILES string of the molecule is CCC(NC(=O)[C@@]([SiH3])(CC(C)C)NC(=O)NCc1ccccc1)C(=O)C(=O)NCc1cccc(Br)c1. The number of hydrogen-bond donors (Lipinski definition) is 4. The van der Waals surface area contributed by atoms with Crippen LogP contribution in [0.15, 0.2) is 59.1 Å². The summed E-state index contributed by atoms with van der Waals surface area (Å²) in [5.41, 5.74) is 1.77. The van der Waals surface area contributed by atoms with E-state index in [1.807, 2.05) is 68.4 Å². The normalized spacial score (nSPS) is 13.4. The number of benzene rings is 2. The Morgan fingerprint density at radius 1 is 0.944 bits per heavy atom. The summed E-state index contributed by atoms with van der Waals surface area (Å²) >= 11 is 3.38. The summed E-state index contributed by atoms with van der Waals surface area (Å²) in [7, 11) is 0.309. The van der Waals surface area contributed by atoms with Crippen LogP contribution in [0.5, 0.6) is 0 Å². The molecule has 0 aliphatic heterocycles. The molecular formula is C26H35BrN4O4Si. The predicted octanol–water partition coefficient (Wildman–Crippen LogP) is 2.14. The summed E-state index contributed by atoms with van der Waals surface area (Å²) in [6.45, 7) is 6.15. The van der Waals surface area contributed by atoms with E-state index >= 15 is 0 Å². The largest absolute Gasteiger partial charge is 0.345 e. The number of carbonyl (C=O) groups is 4. The Morgan fingerprint density at radius 2 is 1.58 bits per heavy atom. The van der Waals surface area contributed by atoms with E-state index in [1.165, 1.54) is 0 Å². The summed E-state index contributed by atoms with van der Waals surface area (Å²) in [6.07, 6.45) is 0.651. The van der Waals surface area contributed by atoms with Crippen molar-refractivity contribution in [3.8, 4) is 0 Å². The first-order valence-electron chi connectivity index (χ1n) is 12.0. The summed E-state index contributed by atoms with van der Waals surface area (Å²) in [4.78, 5) is 51.3. The first-order chi connectivity index (χ1) is 17.0. The number of Topliss-reactive ketones (excluding diaryl/α,β-unsaturated/α-hetero) is 1. The highest BCUT2D eigenvalue weighted by molar-refractivity contribution is 9.10. The van der Waals surface area contributed by atoms with Crippen LogP contribution in [-0.2, 0) is 27.5 Å². The molecule has 36 heavy (non-hydrogen) atoms. The zero-order valence-corrected chi connectivity index (χ0v) is 24.8. The van der Waals surface area contributed by atoms with Gasteiger partial charge in [-0.15, -0.1) is 0 Å². The van der Waals surface area contributed by atoms with Gasteiger partial charge < -0.3 is 21.3 Å². The van der Waals surface area contributed by atoms with Gasteiger partial charge in [-0.25, -0.2) is 4.79 Å². The monoisotopic (exact) mass is 574 g/mol. The third-order valence-electron chi connectivity index (χ3n) is 5.60. The van der Waals surface area contributed by atoms with Crippen molar-refractivity contribution in [3.05, 3.63) is 70.2 Å². The minimum absolute atomic E-state index is 0.118. The molecule has 0 heterocycles. The van der Waals surface area contributed by atoms with Crippen molar-refractivity contribution in [3.63, 3.8) is 0 Å². The molecule has 2 atom stereocenters. The number of ketones is 1. The minimum Gasteiger partial charge on any atom is -0.345 e. The van der Waals surface area contributed by atoms with Crippen LogP contribution in [0, 0.1) is 5.92 Å². The van der Waals surface area contributed by atoms with Crippen LogP contribution < -0.4 is 21.3 Å². The molecule has 1 unspecified atom stereocenters. The van der Waals surface area contributed by atoms with Crippen molar-refractivity contribution in [1.82, 2.24) is 21.3 Å². The second-order valence-electron chi connectivity index (χ2n) is 9.33. The Bertz CT molecular complexity index is 1070. The van der Waals surface area contributed by atoms with Gasteiger partial charge in [0.05, 0.1) is 11.2 Å². The van der Waals surface area contributed by atoms with Crippen molar-refractivity contribution < 1.29 is 19.2 Å². The van der Waals surface area contributed by atoms with Crippen LogP contribution in [-0.4, -0.2) is 45.1 Å². The molecule has 194 valence electrons. The maximum Gasteiger partial charge on any atom is 0.315 e. The number of hydrogen-bond acceptors (Lipinski definition) is 4. The molecule has 0 radical (unpaired) electrons. The average molecular weight is 576 g/mol. The van der Waals surface area contributed by atoms with Crippen molar-refractivity contribution in [2.24, 2.45) is 5.92 Å². The molecule has 4 N–H and O–H groups in total. The van der Waals surface area contributed by atoms with E-state index in [4.69, 9.17) is 0 Å². The molecule has 0 aliphatic carbocycles. The molecule has 8 nitrogen and oxygen atoms in total. The fourth-order valence-corrected chi connectivity index (χ4v) is 5.47. The smallest absolute Gasteiger partial charge is 0.315 e. The van der Waals surface area contributed by atoms with Gasteiger partial charge in [-0.3, -0.25) is 14.4 Å². The minimum atomic E-state index is -1.14. The predicted molar refractivity (Wildman–Crippen MR) is 147 cm³/mol. The molecule has 0 saturated heterocycles. The highest BCUT2D eigenvalue weighted by Gasteiger charge is 2.38. The highest BCUT2D eigenvalue weighted by Crippen LogP contribution is 2.15. The van der Waals surface area contributed by atoms with E-state index in [9.17, 15) is 19.2 Å². The molecule has 0 bridgehead atoms. The maximum atomic E-state index is 13.3. The number of carbonyl (C=O) groups excluding carboxylic acids is 4. The van der Waals surface area contributed by atoms with Crippen LogP contribution in [0.1, 0.15) is 44.7 Å². The average Bonchev–Trinajstić information content (AvgIpc) is 2.84. The Morgan fingerprint density at radius 3 is 2.19 bits per heavy atom. The topological polar surface area (TPSA) is 116 Å². The van der Waals surface area contributed by atoms with Crippen molar-refractivity contribution in [1.29, 1.82) is 0 Å². The lowest BCUT2D eigenvalue weighted by atomic mass is 10.0. The van der Waals surface area contributed by atoms with Gasteiger partial charge in [0.2, 0.25) is 11.7 Å². The molecule has 0 spiro atoms. The summed E-state index contributed by atoms with van der Waals surface area (Å²) in [5.74, 6) is -1.83. The van der Waals surface area contributed by atoms with E-state index in [0.29, 0.717) is 23.2 Å². The number of urea groups is 1. The zero-order valence-electron chi connectivity index (χ0n) is 21.2. The molecule has 10 heteroatoms. The first-order valence-corrected chi connectivity index (χ1v) is 13.8. The van der Waals surface area contributed by atoms with Gasteiger partial charge in [-0.05, 0) is 42.0 Å². The lowest BCUT2D eigenvalue weighted by Crippen LogP contribution is -2.64. The molecule has 0 aliphatic rings. The molecule has 4 amide bonds. The Kier molecular flexibility index (Phi) is 11.3. The standard InChI is InChI=1S/C26H35BrN4O4Si/c1-4-21(22(32)23(33)28-16-19-11-8-12-20(27)13-19)30-24(34)26(36,14-17(2)3)31-25(35)29-15-18-9-6-5-7-10-18/h5-13,17,21H,4,14-16H2,1-3,36H3,(H,28,33)(H,30,34)(H2,29,31,35)/t21?,26-/m0/s1. The second kappa shape index (κ2) is 13.9. The lowest BCUT2D eigenvalue weighted by molar-refractivity contribution is -0.140. The third kappa shape index (κ3) is 9.23. The van der Waals surface area contributed by atoms with Crippen LogP contribution in [0.4, 0.5) is 4.79 Å². The fraction of sp³-hybridized carbons (Fsp3) is 0.385. The highest BCUT2D eigenvalue weighted by atomic mass is 79.9. The Balaban J connectivity index is 2.01. The van der Waals surface area contributed by atoms with Gasteiger partial charge in [-0.2, -0.15) is 0 Å². The lowest BCUT2D eigenvalue weighted by Gasteiger charge is -2.33. The molecule has 0 fully saturated rings. The fourth-order valence-electron chi connectivity index (χ4n) is 3.84. The summed E-state index contributed by atoms with van der Waals surface area (Å²) < 4.78 is 0.869. The van der Waals surface area contributed by atoms with Gasteiger partial charge in [0.1, 0.15) is 0 Å². The van der Waals surface area contributed by atoms with Crippen LogP contribution in [0.25, 0.3) is 0 Å². The molecular weight excluding hydrogens is 540 g/mol. The number of amides is 4. The molecule has 0 aromatic heterocycles. The van der Waals surface area contributed by atoms with E-state index in [0.717, 1.165) is 15.6 Å². The van der Waals surface area contributed by atoms with Gasteiger partial charge in [-0.1, -0.05) is 79.2 Å². The molecule has 2 aromatic carbocycles. The molecule has 0 saturated carbocycles. The third-order valence-corrected chi connectivity index (χ3v) is 7.20. The van der Waals surface area contributed by atoms with Crippen LogP contribution in [0.2, 0.25) is 0 Å². The molecule has 2 aromatic rings. The first kappa shape index (κ1) is 29.2. The van der Waals surface area contributed by atoms with E-state index in [-0.39, 0.29) is 18.9 Å². The van der Waals surface area contributed by atoms with Gasteiger partial charge in [0.15, 0.2) is 0 Å². The Labute approximate surface area is 223 Å². The van der Waals surface area contributed by atoms with Gasteiger partial charge in [0.25, 0.3) is 5.91 Å². The van der Waals surface area contributed by atoms with Crippen molar-refractivity contribution in [2.45, 2.75) is 57.9 Å². The number of halogens is 1. The Hall–Kier alpha value is -2.98. The summed E-state index contributed by atoms with van der Waals surface area (Å²) in [6, 6.07) is 15.4. The van der Waals surface area contributed by atoms with Crippen molar-refractivity contribution in [2.75, 3.05) is 0 Å². The second-order valence-corrected chi connectivity index (χ2v) is 12.0. The summed E-state index contributed by atoms with van der Waals surface area (Å²) in [5, 5.41) is 9.80. The number of nitrogens with one attached hydrogen (secondary N) is 4. The molecule has 2 rings (SSSR count). The van der Waals surface area contributed by atoms with E-state index < -0.39 is 34.8 Å². The quantitative estimate of drug-likeness (QED) is 0.229. The van der Waals surface area contributed by atoms with Crippen LogP contribution in [0.3, 0.4) is 0 Å². The van der Waals surface area contributed by atoms with E-state index in [1.54, 1.807) is 6.92 Å². The van der Waals surface area contributed by atoms with Crippen molar-refractivity contribution >= 4 is 49.8 Å². The maximum absolute atomic E-state index is 13.3.